The first-order chi connectivity index (χ1) is 13.6. The van der Waals surface area contributed by atoms with E-state index in [9.17, 15) is 9.59 Å². The molecule has 3 N–H and O–H groups in total. The van der Waals surface area contributed by atoms with Gasteiger partial charge in [-0.1, -0.05) is 18.2 Å². The molecule has 2 aromatic heterocycles. The van der Waals surface area contributed by atoms with Gasteiger partial charge in [-0.2, -0.15) is 5.10 Å². The minimum absolute atomic E-state index is 0.0499. The largest absolute Gasteiger partial charge is 0.361 e. The predicted molar refractivity (Wildman–Crippen MR) is 105 cm³/mol. The number of aromatic nitrogens is 4. The van der Waals surface area contributed by atoms with Crippen molar-refractivity contribution in [2.45, 2.75) is 25.7 Å². The van der Waals surface area contributed by atoms with E-state index in [2.05, 4.69) is 31.5 Å². The molecule has 146 valence electrons. The molecule has 3 heterocycles. The molecule has 1 fully saturated rings. The number of aryl methyl sites for hydroxylation is 2. The third-order valence-corrected chi connectivity index (χ3v) is 5.49. The van der Waals surface area contributed by atoms with Crippen LogP contribution >= 0.6 is 0 Å². The number of aromatic amines is 2. The summed E-state index contributed by atoms with van der Waals surface area (Å²) in [5.41, 5.74) is 2.21. The number of fused-ring (bicyclic) bond motifs is 1. The van der Waals surface area contributed by atoms with Gasteiger partial charge in [0.25, 0.3) is 0 Å². The Hall–Kier alpha value is -3.16. The Bertz CT molecular complexity index is 1010. The van der Waals surface area contributed by atoms with Gasteiger partial charge < -0.3 is 15.2 Å². The Morgan fingerprint density at radius 3 is 2.86 bits per heavy atom. The first-order valence-electron chi connectivity index (χ1n) is 9.50. The van der Waals surface area contributed by atoms with Crippen molar-refractivity contribution in [3.05, 3.63) is 47.7 Å². The van der Waals surface area contributed by atoms with Gasteiger partial charge in [-0.05, 0) is 25.0 Å². The van der Waals surface area contributed by atoms with Crippen molar-refractivity contribution in [2.24, 2.45) is 5.92 Å². The van der Waals surface area contributed by atoms with E-state index in [0.29, 0.717) is 37.6 Å². The molecule has 8 nitrogen and oxygen atoms in total. The number of para-hydroxylation sites is 1. The Balaban J connectivity index is 1.46. The fourth-order valence-electron chi connectivity index (χ4n) is 3.98. The van der Waals surface area contributed by atoms with Gasteiger partial charge in [-0.15, -0.1) is 0 Å². The monoisotopic (exact) mass is 380 g/mol. The van der Waals surface area contributed by atoms with E-state index in [0.717, 1.165) is 16.5 Å². The Labute approximate surface area is 162 Å². The second kappa shape index (κ2) is 7.46. The van der Waals surface area contributed by atoms with Gasteiger partial charge in [0.1, 0.15) is 5.82 Å². The van der Waals surface area contributed by atoms with Crippen molar-refractivity contribution in [2.75, 3.05) is 20.1 Å². The van der Waals surface area contributed by atoms with Crippen LogP contribution in [0.15, 0.2) is 30.5 Å². The molecule has 2 atom stereocenters. The summed E-state index contributed by atoms with van der Waals surface area (Å²) in [6.45, 7) is 2.68. The van der Waals surface area contributed by atoms with Gasteiger partial charge in [0.2, 0.25) is 11.8 Å². The van der Waals surface area contributed by atoms with Gasteiger partial charge in [-0.25, -0.2) is 4.98 Å². The Morgan fingerprint density at radius 2 is 2.11 bits per heavy atom. The van der Waals surface area contributed by atoms with Crippen LogP contribution < -0.4 is 5.32 Å². The summed E-state index contributed by atoms with van der Waals surface area (Å²) >= 11 is 0. The highest BCUT2D eigenvalue weighted by Gasteiger charge is 2.41. The molecular formula is C20H24N6O2. The lowest BCUT2D eigenvalue weighted by Crippen LogP contribution is -2.33. The number of carbonyl (C=O) groups excluding carboxylic acids is 2. The zero-order valence-electron chi connectivity index (χ0n) is 16.0. The van der Waals surface area contributed by atoms with Crippen molar-refractivity contribution < 1.29 is 9.59 Å². The quantitative estimate of drug-likeness (QED) is 0.624. The fraction of sp³-hybridized carbons (Fsp3) is 0.400. The molecule has 0 saturated carbocycles. The van der Waals surface area contributed by atoms with Gasteiger partial charge in [0, 0.05) is 43.7 Å². The molecule has 0 radical (unpaired) electrons. The van der Waals surface area contributed by atoms with Crippen LogP contribution in [-0.4, -0.2) is 57.0 Å². The molecule has 8 heteroatoms. The molecule has 3 aromatic rings. The number of H-pyrrole nitrogens is 2. The van der Waals surface area contributed by atoms with Crippen molar-refractivity contribution >= 4 is 22.7 Å². The van der Waals surface area contributed by atoms with E-state index in [1.807, 2.05) is 31.3 Å². The van der Waals surface area contributed by atoms with Crippen molar-refractivity contribution in [3.63, 3.8) is 0 Å². The summed E-state index contributed by atoms with van der Waals surface area (Å²) in [6.07, 6.45) is 3.03. The highest BCUT2D eigenvalue weighted by atomic mass is 16.2. The summed E-state index contributed by atoms with van der Waals surface area (Å²) in [7, 11) is 1.62. The highest BCUT2D eigenvalue weighted by Crippen LogP contribution is 2.31. The van der Waals surface area contributed by atoms with Gasteiger partial charge in [0.15, 0.2) is 5.82 Å². The maximum Gasteiger partial charge on any atom is 0.225 e. The molecule has 2 amide bonds. The van der Waals surface area contributed by atoms with Crippen LogP contribution in [0.4, 0.5) is 0 Å². The van der Waals surface area contributed by atoms with Crippen LogP contribution in [0.5, 0.6) is 0 Å². The van der Waals surface area contributed by atoms with Crippen LogP contribution in [0.2, 0.25) is 0 Å². The van der Waals surface area contributed by atoms with Crippen molar-refractivity contribution in [1.29, 1.82) is 0 Å². The highest BCUT2D eigenvalue weighted by molar-refractivity contribution is 5.85. The molecule has 2 unspecified atom stereocenters. The number of likely N-dealkylation sites (tertiary alicyclic amines) is 1. The maximum atomic E-state index is 12.9. The lowest BCUT2D eigenvalue weighted by molar-refractivity contribution is -0.130. The summed E-state index contributed by atoms with van der Waals surface area (Å²) in [5, 5.41) is 10.9. The van der Waals surface area contributed by atoms with Crippen molar-refractivity contribution in [3.8, 4) is 0 Å². The number of nitrogens with one attached hydrogen (secondary N) is 3. The number of hydrogen-bond donors (Lipinski definition) is 3. The van der Waals surface area contributed by atoms with Gasteiger partial charge in [-0.3, -0.25) is 14.7 Å². The topological polar surface area (TPSA) is 107 Å². The van der Waals surface area contributed by atoms with Crippen LogP contribution in [-0.2, 0) is 16.0 Å². The summed E-state index contributed by atoms with van der Waals surface area (Å²) < 4.78 is 0. The summed E-state index contributed by atoms with van der Waals surface area (Å²) in [5.74, 6) is 0.736. The molecule has 0 aliphatic carbocycles. The van der Waals surface area contributed by atoms with E-state index in [-0.39, 0.29) is 23.7 Å². The second-order valence-electron chi connectivity index (χ2n) is 7.26. The third-order valence-electron chi connectivity index (χ3n) is 5.49. The minimum atomic E-state index is -0.336. The average Bonchev–Trinajstić information content (AvgIpc) is 3.43. The van der Waals surface area contributed by atoms with Crippen LogP contribution in [0.1, 0.15) is 29.6 Å². The SMILES string of the molecule is CNC(=O)C1CN(C(=O)CCc2c[nH]c3ccccc23)CC1c1n[nH]c(C)n1. The molecule has 1 aromatic carbocycles. The number of amides is 2. The molecule has 0 spiro atoms. The van der Waals surface area contributed by atoms with Gasteiger partial charge >= 0.3 is 0 Å². The third kappa shape index (κ3) is 3.37. The molecule has 28 heavy (non-hydrogen) atoms. The molecule has 0 bridgehead atoms. The zero-order chi connectivity index (χ0) is 19.7. The Morgan fingerprint density at radius 1 is 1.29 bits per heavy atom. The standard InChI is InChI=1S/C20H24N6O2/c1-12-23-19(25-24-12)15-10-26(11-16(15)20(28)21-2)18(27)8-7-13-9-22-17-6-4-3-5-14(13)17/h3-6,9,15-16,22H,7-8,10-11H2,1-2H3,(H,21,28)(H,23,24,25). The van der Waals surface area contributed by atoms with E-state index in [4.69, 9.17) is 0 Å². The lowest BCUT2D eigenvalue weighted by atomic mass is 9.94. The predicted octanol–water partition coefficient (Wildman–Crippen LogP) is 1.52. The lowest BCUT2D eigenvalue weighted by Gasteiger charge is -2.16. The summed E-state index contributed by atoms with van der Waals surface area (Å²) in [4.78, 5) is 34.6. The number of carbonyl (C=O) groups is 2. The number of benzene rings is 1. The molecule has 4 rings (SSSR count). The Kier molecular flexibility index (Phi) is 4.85. The molecule has 1 saturated heterocycles. The molecular weight excluding hydrogens is 356 g/mol. The first-order valence-corrected chi connectivity index (χ1v) is 9.50. The number of hydrogen-bond acceptors (Lipinski definition) is 4. The van der Waals surface area contributed by atoms with E-state index in [1.165, 1.54) is 0 Å². The average molecular weight is 380 g/mol. The summed E-state index contributed by atoms with van der Waals surface area (Å²) in [6, 6.07) is 8.07. The van der Waals surface area contributed by atoms with E-state index in [1.54, 1.807) is 11.9 Å². The van der Waals surface area contributed by atoms with Crippen LogP contribution in [0.25, 0.3) is 10.9 Å². The van der Waals surface area contributed by atoms with Crippen LogP contribution in [0, 0.1) is 12.8 Å². The van der Waals surface area contributed by atoms with Crippen molar-refractivity contribution in [1.82, 2.24) is 30.4 Å². The number of nitrogens with zero attached hydrogens (tertiary/aromatic N) is 3. The van der Waals surface area contributed by atoms with Gasteiger partial charge in [0.05, 0.1) is 11.8 Å². The van der Waals surface area contributed by atoms with Crippen LogP contribution in [0.3, 0.4) is 0 Å². The number of rotatable bonds is 5. The molecule has 1 aliphatic rings. The smallest absolute Gasteiger partial charge is 0.225 e. The normalized spacial score (nSPS) is 19.3. The first kappa shape index (κ1) is 18.2. The molecule has 1 aliphatic heterocycles. The maximum absolute atomic E-state index is 12.9. The zero-order valence-corrected chi connectivity index (χ0v) is 16.0. The second-order valence-corrected chi connectivity index (χ2v) is 7.26. The van der Waals surface area contributed by atoms with E-state index >= 15 is 0 Å². The fourth-order valence-corrected chi connectivity index (χ4v) is 3.98. The minimum Gasteiger partial charge on any atom is -0.361 e. The van der Waals surface area contributed by atoms with E-state index < -0.39 is 0 Å².